The van der Waals surface area contributed by atoms with E-state index in [1.807, 2.05) is 4.90 Å². The van der Waals surface area contributed by atoms with Gasteiger partial charge in [0.25, 0.3) is 11.8 Å². The molecule has 142 valence electrons. The lowest BCUT2D eigenvalue weighted by atomic mass is 10.2. The molecule has 3 rings (SSSR count). The number of methoxy groups -OCH3 is 1. The highest BCUT2D eigenvalue weighted by atomic mass is 16.5. The Kier molecular flexibility index (Phi) is 5.96. The Bertz CT molecular complexity index is 781. The van der Waals surface area contributed by atoms with Gasteiger partial charge in [-0.05, 0) is 68.3 Å². The van der Waals surface area contributed by atoms with Crippen LogP contribution in [0.1, 0.15) is 30.1 Å². The molecule has 1 aliphatic rings. The van der Waals surface area contributed by atoms with Crippen molar-refractivity contribution in [2.75, 3.05) is 25.5 Å². The van der Waals surface area contributed by atoms with Crippen molar-refractivity contribution in [1.82, 2.24) is 4.90 Å². The van der Waals surface area contributed by atoms with E-state index in [1.54, 1.807) is 62.6 Å². The van der Waals surface area contributed by atoms with Gasteiger partial charge in [-0.3, -0.25) is 9.59 Å². The molecule has 0 spiro atoms. The predicted octanol–water partition coefficient (Wildman–Crippen LogP) is 3.34. The zero-order valence-electron chi connectivity index (χ0n) is 15.6. The lowest BCUT2D eigenvalue weighted by Crippen LogP contribution is -2.30. The highest BCUT2D eigenvalue weighted by Gasteiger charge is 2.20. The minimum absolute atomic E-state index is 0.0431. The number of carbonyl (C=O) groups excluding carboxylic acids is 2. The van der Waals surface area contributed by atoms with Crippen LogP contribution in [0.3, 0.4) is 0 Å². The maximum atomic E-state index is 12.3. The first-order valence-corrected chi connectivity index (χ1v) is 9.08. The number of nitrogens with one attached hydrogen (secondary N) is 1. The molecule has 6 nitrogen and oxygen atoms in total. The van der Waals surface area contributed by atoms with Gasteiger partial charge in [-0.1, -0.05) is 0 Å². The average Bonchev–Trinajstić information content (AvgIpc) is 3.23. The summed E-state index contributed by atoms with van der Waals surface area (Å²) < 4.78 is 10.7. The van der Waals surface area contributed by atoms with E-state index in [0.29, 0.717) is 17.0 Å². The Labute approximate surface area is 159 Å². The van der Waals surface area contributed by atoms with Crippen molar-refractivity contribution >= 4 is 17.5 Å². The SMILES string of the molecule is COc1ccc(O[C@H](C)C(=O)Nc2ccc(C(=O)N3CCCC3)cc2)cc1. The van der Waals surface area contributed by atoms with Crippen molar-refractivity contribution in [2.45, 2.75) is 25.9 Å². The number of benzene rings is 2. The summed E-state index contributed by atoms with van der Waals surface area (Å²) >= 11 is 0. The number of amides is 2. The normalized spacial score (nSPS) is 14.5. The summed E-state index contributed by atoms with van der Waals surface area (Å²) in [7, 11) is 1.59. The molecule has 2 amide bonds. The summed E-state index contributed by atoms with van der Waals surface area (Å²) in [5.74, 6) is 1.10. The number of ether oxygens (including phenoxy) is 2. The molecule has 27 heavy (non-hydrogen) atoms. The van der Waals surface area contributed by atoms with Gasteiger partial charge in [0.05, 0.1) is 7.11 Å². The van der Waals surface area contributed by atoms with Crippen molar-refractivity contribution < 1.29 is 19.1 Å². The van der Waals surface area contributed by atoms with Crippen molar-refractivity contribution in [3.63, 3.8) is 0 Å². The maximum absolute atomic E-state index is 12.3. The second-order valence-electron chi connectivity index (χ2n) is 6.50. The van der Waals surface area contributed by atoms with E-state index in [9.17, 15) is 9.59 Å². The average molecular weight is 368 g/mol. The molecule has 0 saturated carbocycles. The first-order chi connectivity index (χ1) is 13.1. The van der Waals surface area contributed by atoms with Gasteiger partial charge in [0, 0.05) is 24.3 Å². The molecule has 0 aliphatic carbocycles. The Hall–Kier alpha value is -3.02. The molecule has 0 radical (unpaired) electrons. The quantitative estimate of drug-likeness (QED) is 0.849. The van der Waals surface area contributed by atoms with E-state index >= 15 is 0 Å². The predicted molar refractivity (Wildman–Crippen MR) is 103 cm³/mol. The Balaban J connectivity index is 1.55. The number of hydrogen-bond donors (Lipinski definition) is 1. The molecular weight excluding hydrogens is 344 g/mol. The molecule has 0 aromatic heterocycles. The van der Waals surface area contributed by atoms with Crippen LogP contribution in [0.15, 0.2) is 48.5 Å². The second-order valence-corrected chi connectivity index (χ2v) is 6.50. The van der Waals surface area contributed by atoms with Gasteiger partial charge in [-0.2, -0.15) is 0 Å². The van der Waals surface area contributed by atoms with Crippen molar-refractivity contribution in [2.24, 2.45) is 0 Å². The molecule has 0 bridgehead atoms. The Morgan fingerprint density at radius 1 is 0.963 bits per heavy atom. The van der Waals surface area contributed by atoms with Crippen LogP contribution in [0.25, 0.3) is 0 Å². The largest absolute Gasteiger partial charge is 0.497 e. The van der Waals surface area contributed by atoms with Crippen molar-refractivity contribution in [3.8, 4) is 11.5 Å². The summed E-state index contributed by atoms with van der Waals surface area (Å²) in [5.41, 5.74) is 1.26. The first-order valence-electron chi connectivity index (χ1n) is 9.08. The topological polar surface area (TPSA) is 67.9 Å². The molecule has 1 aliphatic heterocycles. The molecular formula is C21H24N2O4. The number of likely N-dealkylation sites (tertiary alicyclic amines) is 1. The van der Waals surface area contributed by atoms with Crippen LogP contribution in [-0.4, -0.2) is 43.0 Å². The Morgan fingerprint density at radius 3 is 2.15 bits per heavy atom. The van der Waals surface area contributed by atoms with Gasteiger partial charge in [0.2, 0.25) is 0 Å². The molecule has 2 aromatic carbocycles. The Morgan fingerprint density at radius 2 is 1.56 bits per heavy atom. The molecule has 1 atom stereocenters. The van der Waals surface area contributed by atoms with E-state index in [2.05, 4.69) is 5.32 Å². The van der Waals surface area contributed by atoms with Crippen LogP contribution in [-0.2, 0) is 4.79 Å². The molecule has 1 fully saturated rings. The zero-order valence-corrected chi connectivity index (χ0v) is 15.6. The van der Waals surface area contributed by atoms with Gasteiger partial charge in [0.15, 0.2) is 6.10 Å². The van der Waals surface area contributed by atoms with Crippen LogP contribution < -0.4 is 14.8 Å². The van der Waals surface area contributed by atoms with E-state index in [-0.39, 0.29) is 11.8 Å². The van der Waals surface area contributed by atoms with E-state index < -0.39 is 6.10 Å². The number of anilines is 1. The maximum Gasteiger partial charge on any atom is 0.265 e. The van der Waals surface area contributed by atoms with E-state index in [0.717, 1.165) is 31.7 Å². The van der Waals surface area contributed by atoms with Gasteiger partial charge >= 0.3 is 0 Å². The summed E-state index contributed by atoms with van der Waals surface area (Å²) in [5, 5.41) is 2.81. The van der Waals surface area contributed by atoms with Gasteiger partial charge in [-0.25, -0.2) is 0 Å². The summed E-state index contributed by atoms with van der Waals surface area (Å²) in [6.07, 6.45) is 1.46. The van der Waals surface area contributed by atoms with Gasteiger partial charge < -0.3 is 19.7 Å². The molecule has 2 aromatic rings. The summed E-state index contributed by atoms with van der Waals surface area (Å²) in [6, 6.07) is 14.0. The molecule has 0 unspecified atom stereocenters. The fraction of sp³-hybridized carbons (Fsp3) is 0.333. The fourth-order valence-corrected chi connectivity index (χ4v) is 2.95. The van der Waals surface area contributed by atoms with E-state index in [1.165, 1.54) is 0 Å². The number of carbonyl (C=O) groups is 2. The minimum Gasteiger partial charge on any atom is -0.497 e. The highest BCUT2D eigenvalue weighted by molar-refractivity contribution is 5.97. The fourth-order valence-electron chi connectivity index (χ4n) is 2.95. The summed E-state index contributed by atoms with van der Waals surface area (Å²) in [6.45, 7) is 3.32. The number of nitrogens with zero attached hydrogens (tertiary/aromatic N) is 1. The van der Waals surface area contributed by atoms with Crippen LogP contribution in [0, 0.1) is 0 Å². The van der Waals surface area contributed by atoms with Gasteiger partial charge in [0.1, 0.15) is 11.5 Å². The molecule has 6 heteroatoms. The van der Waals surface area contributed by atoms with Gasteiger partial charge in [-0.15, -0.1) is 0 Å². The third-order valence-electron chi connectivity index (χ3n) is 4.53. The van der Waals surface area contributed by atoms with Crippen molar-refractivity contribution in [3.05, 3.63) is 54.1 Å². The van der Waals surface area contributed by atoms with Crippen LogP contribution >= 0.6 is 0 Å². The molecule has 1 N–H and O–H groups in total. The lowest BCUT2D eigenvalue weighted by Gasteiger charge is -2.16. The van der Waals surface area contributed by atoms with Crippen LogP contribution in [0.4, 0.5) is 5.69 Å². The van der Waals surface area contributed by atoms with Crippen LogP contribution in [0.5, 0.6) is 11.5 Å². The third-order valence-corrected chi connectivity index (χ3v) is 4.53. The standard InChI is InChI=1S/C21H24N2O4/c1-15(27-19-11-9-18(26-2)10-12-19)20(24)22-17-7-5-16(6-8-17)21(25)23-13-3-4-14-23/h5-12,15H,3-4,13-14H2,1-2H3,(H,22,24)/t15-/m1/s1. The first kappa shape index (κ1) is 18.8. The monoisotopic (exact) mass is 368 g/mol. The molecule has 1 saturated heterocycles. The smallest absolute Gasteiger partial charge is 0.265 e. The zero-order chi connectivity index (χ0) is 19.2. The van der Waals surface area contributed by atoms with Crippen molar-refractivity contribution in [1.29, 1.82) is 0 Å². The number of hydrogen-bond acceptors (Lipinski definition) is 4. The summed E-state index contributed by atoms with van der Waals surface area (Å²) in [4.78, 5) is 26.5. The minimum atomic E-state index is -0.663. The van der Waals surface area contributed by atoms with Crippen LogP contribution in [0.2, 0.25) is 0 Å². The van der Waals surface area contributed by atoms with E-state index in [4.69, 9.17) is 9.47 Å². The highest BCUT2D eigenvalue weighted by Crippen LogP contribution is 2.19. The molecule has 1 heterocycles. The third kappa shape index (κ3) is 4.78. The second kappa shape index (κ2) is 8.58. The lowest BCUT2D eigenvalue weighted by molar-refractivity contribution is -0.122. The number of rotatable bonds is 6.